The monoisotopic (exact) mass is 320 g/mol. The maximum Gasteiger partial charge on any atom is 0.0575 e. The van der Waals surface area contributed by atoms with Crippen molar-refractivity contribution in [3.8, 4) is 0 Å². The van der Waals surface area contributed by atoms with Crippen molar-refractivity contribution in [1.29, 1.82) is 0 Å². The van der Waals surface area contributed by atoms with Gasteiger partial charge in [-0.2, -0.15) is 0 Å². The molecule has 0 spiro atoms. The Labute approximate surface area is 145 Å². The molecule has 1 nitrogen and oxygen atoms in total. The lowest BCUT2D eigenvalue weighted by Gasteiger charge is -2.32. The van der Waals surface area contributed by atoms with Crippen LogP contribution in [0.1, 0.15) is 97.3 Å². The van der Waals surface area contributed by atoms with Crippen molar-refractivity contribution in [1.82, 2.24) is 0 Å². The third kappa shape index (κ3) is 7.42. The molecule has 0 heterocycles. The maximum absolute atomic E-state index is 5.78. The standard InChI is InChI=1S/C22H40O/c1-3-5-6-7-8-19-9-11-20(12-10-19)13-14-21-15-17-22(18-16-21)23-4-2/h3,5,19-22H,4,6-18H2,1-2H3/b5-3-. The van der Waals surface area contributed by atoms with Gasteiger partial charge in [0.1, 0.15) is 0 Å². The van der Waals surface area contributed by atoms with Crippen LogP contribution in [0.15, 0.2) is 12.2 Å². The lowest BCUT2D eigenvalue weighted by Crippen LogP contribution is -2.22. The van der Waals surface area contributed by atoms with Gasteiger partial charge in [-0.25, -0.2) is 0 Å². The predicted molar refractivity (Wildman–Crippen MR) is 101 cm³/mol. The molecule has 0 saturated heterocycles. The van der Waals surface area contributed by atoms with E-state index in [0.717, 1.165) is 24.4 Å². The highest BCUT2D eigenvalue weighted by Crippen LogP contribution is 2.37. The van der Waals surface area contributed by atoms with Gasteiger partial charge in [0.25, 0.3) is 0 Å². The second-order valence-corrected chi connectivity index (χ2v) is 8.06. The van der Waals surface area contributed by atoms with Gasteiger partial charge in [0.2, 0.25) is 0 Å². The maximum atomic E-state index is 5.78. The average Bonchev–Trinajstić information content (AvgIpc) is 2.59. The smallest absolute Gasteiger partial charge is 0.0575 e. The largest absolute Gasteiger partial charge is 0.379 e. The van der Waals surface area contributed by atoms with Crippen LogP contribution in [0.2, 0.25) is 0 Å². The molecule has 1 heteroatoms. The number of hydrogen-bond acceptors (Lipinski definition) is 1. The first-order chi connectivity index (χ1) is 11.3. The van der Waals surface area contributed by atoms with Gasteiger partial charge in [-0.15, -0.1) is 0 Å². The number of rotatable bonds is 9. The van der Waals surface area contributed by atoms with E-state index in [1.54, 1.807) is 0 Å². The van der Waals surface area contributed by atoms with Crippen molar-refractivity contribution in [2.75, 3.05) is 6.61 Å². The number of allylic oxidation sites excluding steroid dienone is 2. The minimum atomic E-state index is 0.578. The fourth-order valence-corrected chi connectivity index (χ4v) is 4.79. The highest BCUT2D eigenvalue weighted by molar-refractivity contribution is 4.79. The minimum Gasteiger partial charge on any atom is -0.379 e. The Balaban J connectivity index is 1.51. The van der Waals surface area contributed by atoms with Crippen molar-refractivity contribution < 1.29 is 4.74 Å². The van der Waals surface area contributed by atoms with Crippen molar-refractivity contribution in [2.45, 2.75) is 103 Å². The van der Waals surface area contributed by atoms with Crippen LogP contribution in [0.3, 0.4) is 0 Å². The van der Waals surface area contributed by atoms with Crippen LogP contribution in [-0.2, 0) is 4.74 Å². The molecule has 0 N–H and O–H groups in total. The number of hydrogen-bond donors (Lipinski definition) is 0. The summed E-state index contributed by atoms with van der Waals surface area (Å²) in [6, 6.07) is 0. The van der Waals surface area contributed by atoms with Crippen molar-refractivity contribution in [2.24, 2.45) is 17.8 Å². The van der Waals surface area contributed by atoms with Crippen molar-refractivity contribution in [3.63, 3.8) is 0 Å². The molecule has 2 rings (SSSR count). The van der Waals surface area contributed by atoms with E-state index in [1.165, 1.54) is 83.5 Å². The van der Waals surface area contributed by atoms with E-state index in [-0.39, 0.29) is 0 Å². The van der Waals surface area contributed by atoms with E-state index in [0.29, 0.717) is 6.10 Å². The third-order valence-electron chi connectivity index (χ3n) is 6.36. The van der Waals surface area contributed by atoms with E-state index < -0.39 is 0 Å². The molecule has 0 aromatic rings. The quantitative estimate of drug-likeness (QED) is 0.331. The SMILES string of the molecule is C/C=C\CCCC1CCC(CCC2CCC(OCC)CC2)CC1. The Morgan fingerprint density at radius 2 is 1.30 bits per heavy atom. The first-order valence-electron chi connectivity index (χ1n) is 10.5. The highest BCUT2D eigenvalue weighted by atomic mass is 16.5. The van der Waals surface area contributed by atoms with Gasteiger partial charge < -0.3 is 4.74 Å². The summed E-state index contributed by atoms with van der Waals surface area (Å²) in [5.41, 5.74) is 0. The van der Waals surface area contributed by atoms with Crippen LogP contribution in [0.4, 0.5) is 0 Å². The summed E-state index contributed by atoms with van der Waals surface area (Å²) >= 11 is 0. The summed E-state index contributed by atoms with van der Waals surface area (Å²) in [4.78, 5) is 0. The second-order valence-electron chi connectivity index (χ2n) is 8.06. The van der Waals surface area contributed by atoms with E-state index in [4.69, 9.17) is 4.74 Å². The minimum absolute atomic E-state index is 0.578. The number of unbranched alkanes of at least 4 members (excludes halogenated alkanes) is 1. The molecule has 0 unspecified atom stereocenters. The highest BCUT2D eigenvalue weighted by Gasteiger charge is 2.24. The van der Waals surface area contributed by atoms with Crippen LogP contribution < -0.4 is 0 Å². The molecular weight excluding hydrogens is 280 g/mol. The summed E-state index contributed by atoms with van der Waals surface area (Å²) in [6.45, 7) is 5.16. The van der Waals surface area contributed by atoms with E-state index in [1.807, 2.05) is 0 Å². The summed E-state index contributed by atoms with van der Waals surface area (Å²) in [6.07, 6.45) is 23.8. The van der Waals surface area contributed by atoms with E-state index in [2.05, 4.69) is 26.0 Å². The van der Waals surface area contributed by atoms with Crippen LogP contribution in [-0.4, -0.2) is 12.7 Å². The molecule has 2 fully saturated rings. The molecular formula is C22H40O. The zero-order chi connectivity index (χ0) is 16.3. The van der Waals surface area contributed by atoms with Crippen LogP contribution in [0.5, 0.6) is 0 Å². The van der Waals surface area contributed by atoms with Crippen LogP contribution in [0.25, 0.3) is 0 Å². The fourth-order valence-electron chi connectivity index (χ4n) is 4.79. The summed E-state index contributed by atoms with van der Waals surface area (Å²) in [7, 11) is 0. The first kappa shape index (κ1) is 19.0. The summed E-state index contributed by atoms with van der Waals surface area (Å²) < 4.78 is 5.78. The van der Waals surface area contributed by atoms with Gasteiger partial charge >= 0.3 is 0 Å². The lowest BCUT2D eigenvalue weighted by molar-refractivity contribution is 0.0238. The van der Waals surface area contributed by atoms with E-state index >= 15 is 0 Å². The van der Waals surface area contributed by atoms with Gasteiger partial charge in [-0.3, -0.25) is 0 Å². The van der Waals surface area contributed by atoms with Crippen molar-refractivity contribution >= 4 is 0 Å². The molecule has 0 bridgehead atoms. The van der Waals surface area contributed by atoms with Crippen molar-refractivity contribution in [3.05, 3.63) is 12.2 Å². The Bertz CT molecular complexity index is 306. The Morgan fingerprint density at radius 3 is 1.83 bits per heavy atom. The molecule has 0 aliphatic heterocycles. The molecule has 2 aliphatic rings. The Kier molecular flexibility index (Phi) is 9.34. The fraction of sp³-hybridized carbons (Fsp3) is 0.909. The molecule has 2 aliphatic carbocycles. The molecule has 0 aromatic heterocycles. The molecule has 0 atom stereocenters. The van der Waals surface area contributed by atoms with Gasteiger partial charge in [0, 0.05) is 6.61 Å². The topological polar surface area (TPSA) is 9.23 Å². The molecule has 0 radical (unpaired) electrons. The predicted octanol–water partition coefficient (Wildman–Crippen LogP) is 6.91. The Morgan fingerprint density at radius 1 is 0.783 bits per heavy atom. The Hall–Kier alpha value is -0.300. The molecule has 134 valence electrons. The van der Waals surface area contributed by atoms with Crippen LogP contribution in [0, 0.1) is 17.8 Å². The molecule has 0 amide bonds. The van der Waals surface area contributed by atoms with Gasteiger partial charge in [-0.05, 0) is 70.1 Å². The van der Waals surface area contributed by atoms with Gasteiger partial charge in [0.05, 0.1) is 6.10 Å². The summed E-state index contributed by atoms with van der Waals surface area (Å²) in [5, 5.41) is 0. The zero-order valence-corrected chi connectivity index (χ0v) is 15.8. The number of ether oxygens (including phenoxy) is 1. The first-order valence-corrected chi connectivity index (χ1v) is 10.5. The lowest BCUT2D eigenvalue weighted by atomic mass is 9.76. The van der Waals surface area contributed by atoms with E-state index in [9.17, 15) is 0 Å². The van der Waals surface area contributed by atoms with Crippen LogP contribution >= 0.6 is 0 Å². The summed E-state index contributed by atoms with van der Waals surface area (Å²) in [5.74, 6) is 3.09. The molecule has 0 aromatic carbocycles. The molecule has 23 heavy (non-hydrogen) atoms. The zero-order valence-electron chi connectivity index (χ0n) is 15.8. The normalized spacial score (nSPS) is 32.4. The molecule has 2 saturated carbocycles. The van der Waals surface area contributed by atoms with Gasteiger partial charge in [0.15, 0.2) is 0 Å². The average molecular weight is 321 g/mol. The third-order valence-corrected chi connectivity index (χ3v) is 6.36. The van der Waals surface area contributed by atoms with Gasteiger partial charge in [-0.1, -0.05) is 57.1 Å². The second kappa shape index (κ2) is 11.3.